The Morgan fingerprint density at radius 1 is 1.30 bits per heavy atom. The predicted molar refractivity (Wildman–Crippen MR) is 90.2 cm³/mol. The summed E-state index contributed by atoms with van der Waals surface area (Å²) < 4.78 is 6.51. The molecule has 0 bridgehead atoms. The van der Waals surface area contributed by atoms with Crippen molar-refractivity contribution < 1.29 is 9.53 Å². The van der Waals surface area contributed by atoms with E-state index in [1.54, 1.807) is 6.92 Å². The first-order chi connectivity index (χ1) is 11.0. The van der Waals surface area contributed by atoms with Gasteiger partial charge in [-0.2, -0.15) is 0 Å². The van der Waals surface area contributed by atoms with Crippen LogP contribution in [0.25, 0.3) is 0 Å². The van der Waals surface area contributed by atoms with Crippen LogP contribution in [0.15, 0.2) is 24.3 Å². The van der Waals surface area contributed by atoms with Gasteiger partial charge in [-0.15, -0.1) is 0 Å². The third kappa shape index (κ3) is 3.51. The van der Waals surface area contributed by atoms with Crippen LogP contribution in [-0.4, -0.2) is 54.0 Å². The monoisotopic (exact) mass is 317 g/mol. The van der Waals surface area contributed by atoms with E-state index >= 15 is 0 Å². The van der Waals surface area contributed by atoms with Crippen molar-refractivity contribution in [2.75, 3.05) is 26.7 Å². The molecule has 2 atom stereocenters. The van der Waals surface area contributed by atoms with Gasteiger partial charge in [-0.25, -0.2) is 0 Å². The number of carbonyl (C=O) groups is 1. The predicted octanol–water partition coefficient (Wildman–Crippen LogP) is 1.61. The molecule has 2 aliphatic rings. The summed E-state index contributed by atoms with van der Waals surface area (Å²) in [7, 11) is 2.15. The summed E-state index contributed by atoms with van der Waals surface area (Å²) in [6, 6.07) is 7.57. The molecule has 0 aliphatic carbocycles. The summed E-state index contributed by atoms with van der Waals surface area (Å²) in [6.45, 7) is 5.02. The van der Waals surface area contributed by atoms with Crippen LogP contribution in [0.5, 0.6) is 5.75 Å². The molecule has 0 saturated carbocycles. The largest absolute Gasteiger partial charge is 0.485 e. The molecule has 1 fully saturated rings. The number of nitrogens with two attached hydrogens (primary N) is 1. The zero-order valence-electron chi connectivity index (χ0n) is 14.1. The number of benzene rings is 1. The van der Waals surface area contributed by atoms with Crippen LogP contribution in [0.4, 0.5) is 0 Å². The van der Waals surface area contributed by atoms with E-state index in [9.17, 15) is 4.79 Å². The second kappa shape index (κ2) is 6.49. The van der Waals surface area contributed by atoms with Gasteiger partial charge in [0.15, 0.2) is 0 Å². The highest BCUT2D eigenvalue weighted by molar-refractivity contribution is 5.81. The molecule has 2 aliphatic heterocycles. The number of carbonyl (C=O) groups excluding carboxylic acids is 1. The van der Waals surface area contributed by atoms with Crippen molar-refractivity contribution >= 4 is 5.91 Å². The van der Waals surface area contributed by atoms with Crippen LogP contribution in [0.1, 0.15) is 31.7 Å². The lowest BCUT2D eigenvalue weighted by molar-refractivity contribution is -0.135. The Kier molecular flexibility index (Phi) is 4.60. The van der Waals surface area contributed by atoms with Crippen molar-refractivity contribution in [3.63, 3.8) is 0 Å². The molecule has 1 aromatic carbocycles. The van der Waals surface area contributed by atoms with Crippen LogP contribution >= 0.6 is 0 Å². The molecular weight excluding hydrogens is 290 g/mol. The summed E-state index contributed by atoms with van der Waals surface area (Å²) in [4.78, 5) is 16.8. The van der Waals surface area contributed by atoms with Crippen molar-refractivity contribution in [3.05, 3.63) is 29.8 Å². The summed E-state index contributed by atoms with van der Waals surface area (Å²) >= 11 is 0. The Morgan fingerprint density at radius 3 is 2.87 bits per heavy atom. The minimum Gasteiger partial charge on any atom is -0.485 e. The molecule has 5 heteroatoms. The molecule has 126 valence electrons. The van der Waals surface area contributed by atoms with Crippen LogP contribution in [0, 0.1) is 0 Å². The lowest BCUT2D eigenvalue weighted by Gasteiger charge is -2.36. The molecular formula is C18H27N3O2. The fourth-order valence-corrected chi connectivity index (χ4v) is 3.62. The molecule has 0 aromatic heterocycles. The molecule has 2 N–H and O–H groups in total. The maximum Gasteiger partial charge on any atom is 0.239 e. The number of fused-ring (bicyclic) bond motifs is 1. The smallest absolute Gasteiger partial charge is 0.239 e. The van der Waals surface area contributed by atoms with Gasteiger partial charge in [-0.3, -0.25) is 4.79 Å². The number of amides is 1. The number of hydrogen-bond acceptors (Lipinski definition) is 4. The van der Waals surface area contributed by atoms with E-state index < -0.39 is 6.04 Å². The summed E-state index contributed by atoms with van der Waals surface area (Å²) in [5.41, 5.74) is 6.63. The Hall–Kier alpha value is -1.59. The van der Waals surface area contributed by atoms with Gasteiger partial charge < -0.3 is 20.3 Å². The van der Waals surface area contributed by atoms with Gasteiger partial charge in [0.1, 0.15) is 11.4 Å². The first-order valence-corrected chi connectivity index (χ1v) is 8.49. The Balaban J connectivity index is 1.95. The highest BCUT2D eigenvalue weighted by Gasteiger charge is 2.40. The van der Waals surface area contributed by atoms with E-state index in [2.05, 4.69) is 11.9 Å². The maximum atomic E-state index is 12.6. The fourth-order valence-electron chi connectivity index (χ4n) is 3.62. The van der Waals surface area contributed by atoms with Crippen LogP contribution < -0.4 is 10.5 Å². The van der Waals surface area contributed by atoms with Crippen LogP contribution in [0.3, 0.4) is 0 Å². The third-order valence-corrected chi connectivity index (χ3v) is 4.96. The minimum absolute atomic E-state index is 0.00211. The fraction of sp³-hybridized carbons (Fsp3) is 0.611. The SMILES string of the molecule is CC(N)C(=O)N1Cc2ccccc2OC2(CCCN(C)CC2)C1. The van der Waals surface area contributed by atoms with Crippen molar-refractivity contribution in [1.29, 1.82) is 0 Å². The van der Waals surface area contributed by atoms with E-state index in [4.69, 9.17) is 10.5 Å². The van der Waals surface area contributed by atoms with E-state index in [0.717, 1.165) is 43.7 Å². The third-order valence-electron chi connectivity index (χ3n) is 4.96. The quantitative estimate of drug-likeness (QED) is 0.855. The van der Waals surface area contributed by atoms with Crippen LogP contribution in [0.2, 0.25) is 0 Å². The van der Waals surface area contributed by atoms with E-state index in [1.807, 2.05) is 29.2 Å². The Morgan fingerprint density at radius 2 is 2.09 bits per heavy atom. The normalized spacial score (nSPS) is 26.8. The van der Waals surface area contributed by atoms with Crippen molar-refractivity contribution in [3.8, 4) is 5.75 Å². The van der Waals surface area contributed by atoms with E-state index in [-0.39, 0.29) is 11.5 Å². The molecule has 2 heterocycles. The zero-order valence-corrected chi connectivity index (χ0v) is 14.1. The van der Waals surface area contributed by atoms with Gasteiger partial charge in [-0.05, 0) is 39.4 Å². The first kappa shape index (κ1) is 16.3. The van der Waals surface area contributed by atoms with Gasteiger partial charge in [0.05, 0.1) is 12.6 Å². The van der Waals surface area contributed by atoms with Crippen molar-refractivity contribution in [2.45, 2.75) is 44.4 Å². The first-order valence-electron chi connectivity index (χ1n) is 8.49. The number of hydrogen-bond donors (Lipinski definition) is 1. The standard InChI is InChI=1S/C18H27N3O2/c1-14(19)17(22)21-12-15-6-3-4-7-16(15)23-18(13-21)8-5-10-20(2)11-9-18/h3-4,6-7,14H,5,8-13,19H2,1-2H3. The minimum atomic E-state index is -0.481. The number of likely N-dealkylation sites (tertiary alicyclic amines) is 1. The Labute approximate surface area is 138 Å². The molecule has 1 aromatic rings. The topological polar surface area (TPSA) is 58.8 Å². The van der Waals surface area contributed by atoms with Gasteiger partial charge in [0.25, 0.3) is 0 Å². The van der Waals surface area contributed by atoms with E-state index in [1.165, 1.54) is 0 Å². The molecule has 1 saturated heterocycles. The average molecular weight is 317 g/mol. The van der Waals surface area contributed by atoms with Crippen molar-refractivity contribution in [1.82, 2.24) is 9.80 Å². The highest BCUT2D eigenvalue weighted by atomic mass is 16.5. The summed E-state index contributed by atoms with van der Waals surface area (Å²) in [5, 5.41) is 0. The molecule has 1 amide bonds. The lowest BCUT2D eigenvalue weighted by Crippen LogP contribution is -2.51. The molecule has 5 nitrogen and oxygen atoms in total. The number of ether oxygens (including phenoxy) is 1. The number of rotatable bonds is 1. The highest BCUT2D eigenvalue weighted by Crippen LogP contribution is 2.35. The number of para-hydroxylation sites is 1. The second-order valence-electron chi connectivity index (χ2n) is 7.03. The molecule has 2 unspecified atom stereocenters. The Bertz CT molecular complexity index is 575. The number of nitrogens with zero attached hydrogens (tertiary/aromatic N) is 2. The zero-order chi connectivity index (χ0) is 16.4. The average Bonchev–Trinajstić information content (AvgIpc) is 2.80. The van der Waals surface area contributed by atoms with Gasteiger partial charge in [0, 0.05) is 25.1 Å². The maximum absolute atomic E-state index is 12.6. The summed E-state index contributed by atoms with van der Waals surface area (Å²) in [6.07, 6.45) is 2.98. The van der Waals surface area contributed by atoms with Crippen LogP contribution in [-0.2, 0) is 11.3 Å². The van der Waals surface area contributed by atoms with Gasteiger partial charge in [-0.1, -0.05) is 18.2 Å². The second-order valence-corrected chi connectivity index (χ2v) is 7.03. The molecule has 0 radical (unpaired) electrons. The van der Waals surface area contributed by atoms with Crippen molar-refractivity contribution in [2.24, 2.45) is 5.73 Å². The molecule has 3 rings (SSSR count). The van der Waals surface area contributed by atoms with Gasteiger partial charge >= 0.3 is 0 Å². The molecule has 23 heavy (non-hydrogen) atoms. The summed E-state index contributed by atoms with van der Waals surface area (Å²) in [5.74, 6) is 0.916. The lowest BCUT2D eigenvalue weighted by atomic mass is 9.93. The molecule has 1 spiro atoms. The van der Waals surface area contributed by atoms with Gasteiger partial charge in [0.2, 0.25) is 5.91 Å². The van der Waals surface area contributed by atoms with E-state index in [0.29, 0.717) is 13.1 Å².